The molecule has 0 saturated carbocycles. The number of pyridine rings is 1. The highest BCUT2D eigenvalue weighted by Gasteiger charge is 2.43. The van der Waals surface area contributed by atoms with E-state index in [9.17, 15) is 28.0 Å². The lowest BCUT2D eigenvalue weighted by atomic mass is 9.89. The molecule has 0 saturated heterocycles. The van der Waals surface area contributed by atoms with Gasteiger partial charge in [-0.1, -0.05) is 6.07 Å². The summed E-state index contributed by atoms with van der Waals surface area (Å²) in [5.74, 6) is -0.682. The Kier molecular flexibility index (Phi) is 4.82. The van der Waals surface area contributed by atoms with E-state index in [1.165, 1.54) is 37.4 Å². The third kappa shape index (κ3) is 3.42. The molecule has 0 fully saturated rings. The molecular weight excluding hydrogens is 389 g/mol. The Balaban J connectivity index is 2.52. The summed E-state index contributed by atoms with van der Waals surface area (Å²) in [4.78, 5) is 24.5. The second kappa shape index (κ2) is 6.77. The van der Waals surface area contributed by atoms with Crippen LogP contribution >= 0.6 is 0 Å². The van der Waals surface area contributed by atoms with Gasteiger partial charge in [0.15, 0.2) is 0 Å². The average Bonchev–Trinajstić information content (AvgIpc) is 2.59. The molecule has 0 spiro atoms. The van der Waals surface area contributed by atoms with Crippen LogP contribution < -0.4 is 10.3 Å². The van der Waals surface area contributed by atoms with Crippen LogP contribution in [0.1, 0.15) is 37.5 Å². The molecule has 0 radical (unpaired) electrons. The number of fused-ring (bicyclic) bond motifs is 1. The normalized spacial score (nSPS) is 15.6. The first kappa shape index (κ1) is 20.7. The smallest absolute Gasteiger partial charge is 0.416 e. The van der Waals surface area contributed by atoms with Gasteiger partial charge in [-0.15, -0.1) is 0 Å². The number of rotatable bonds is 2. The number of amides is 1. The number of benzene rings is 1. The zero-order valence-electron chi connectivity index (χ0n) is 16.2. The first-order valence-corrected chi connectivity index (χ1v) is 8.69. The van der Waals surface area contributed by atoms with E-state index >= 15 is 0 Å². The number of hydroxylamine groups is 2. The van der Waals surface area contributed by atoms with E-state index in [1.54, 1.807) is 13.8 Å². The maximum absolute atomic E-state index is 13.5. The summed E-state index contributed by atoms with van der Waals surface area (Å²) in [6.07, 6.45) is -3.28. The minimum absolute atomic E-state index is 0.0252. The molecule has 1 aromatic heterocycles. The lowest BCUT2D eigenvalue weighted by Crippen LogP contribution is -2.45. The zero-order chi connectivity index (χ0) is 21.7. The molecular formula is C20H19F3N2O4. The molecule has 154 valence electrons. The number of carbonyl (C=O) groups excluding carboxylic acids is 1. The molecule has 0 atom stereocenters. The highest BCUT2D eigenvalue weighted by Crippen LogP contribution is 2.46. The lowest BCUT2D eigenvalue weighted by Gasteiger charge is -2.40. The largest absolute Gasteiger partial charge is 0.481 e. The number of alkyl halides is 3. The molecule has 9 heteroatoms. The quantitative estimate of drug-likeness (QED) is 0.606. The van der Waals surface area contributed by atoms with Gasteiger partial charge in [0.2, 0.25) is 5.91 Å². The van der Waals surface area contributed by atoms with Gasteiger partial charge in [0.1, 0.15) is 17.0 Å². The van der Waals surface area contributed by atoms with E-state index in [2.05, 4.69) is 0 Å². The third-order valence-corrected chi connectivity index (χ3v) is 4.70. The molecule has 2 heterocycles. The van der Waals surface area contributed by atoms with Crippen molar-refractivity contribution in [2.24, 2.45) is 0 Å². The van der Waals surface area contributed by atoms with E-state index in [0.717, 1.165) is 17.6 Å². The van der Waals surface area contributed by atoms with Crippen molar-refractivity contribution >= 4 is 11.6 Å². The summed E-state index contributed by atoms with van der Waals surface area (Å²) in [6.45, 7) is 5.42. The first-order chi connectivity index (χ1) is 13.4. The zero-order valence-corrected chi connectivity index (χ0v) is 16.2. The molecule has 1 aromatic carbocycles. The van der Waals surface area contributed by atoms with E-state index in [1.807, 2.05) is 0 Å². The standard InChI is InChI=1S/C20H19F3N2O4/c1-11-13(20(21,22)23)8-9-14-16(11)17(24-10-6-5-7-15(24)27)18(19(3,4)29-14)25(28)12(2)26/h5-10,28H,1-4H3. The Morgan fingerprint density at radius 1 is 1.21 bits per heavy atom. The van der Waals surface area contributed by atoms with Crippen LogP contribution in [-0.4, -0.2) is 26.3 Å². The van der Waals surface area contributed by atoms with E-state index in [4.69, 9.17) is 4.74 Å². The van der Waals surface area contributed by atoms with Crippen molar-refractivity contribution in [1.29, 1.82) is 0 Å². The molecule has 1 aliphatic heterocycles. The highest BCUT2D eigenvalue weighted by molar-refractivity contribution is 5.83. The van der Waals surface area contributed by atoms with Gasteiger partial charge < -0.3 is 4.74 Å². The second-order valence-corrected chi connectivity index (χ2v) is 7.16. The number of ether oxygens (including phenoxy) is 1. The summed E-state index contributed by atoms with van der Waals surface area (Å²) in [7, 11) is 0. The summed E-state index contributed by atoms with van der Waals surface area (Å²) in [6, 6.07) is 6.30. The van der Waals surface area contributed by atoms with Gasteiger partial charge in [0.25, 0.3) is 5.56 Å². The summed E-state index contributed by atoms with van der Waals surface area (Å²) in [5.41, 5.74) is -3.19. The van der Waals surface area contributed by atoms with Gasteiger partial charge in [0.05, 0.1) is 11.3 Å². The van der Waals surface area contributed by atoms with Crippen LogP contribution in [0.15, 0.2) is 47.0 Å². The molecule has 6 nitrogen and oxygen atoms in total. The molecule has 1 aliphatic rings. The fourth-order valence-electron chi connectivity index (χ4n) is 3.46. The third-order valence-electron chi connectivity index (χ3n) is 4.70. The van der Waals surface area contributed by atoms with Gasteiger partial charge in [-0.25, -0.2) is 0 Å². The Morgan fingerprint density at radius 2 is 1.86 bits per heavy atom. The van der Waals surface area contributed by atoms with Crippen molar-refractivity contribution in [2.45, 2.75) is 39.5 Å². The van der Waals surface area contributed by atoms with Gasteiger partial charge in [0, 0.05) is 24.8 Å². The Labute approximate surface area is 164 Å². The fraction of sp³-hybridized carbons (Fsp3) is 0.300. The molecule has 1 amide bonds. The number of nitrogens with zero attached hydrogens (tertiary/aromatic N) is 2. The van der Waals surface area contributed by atoms with Crippen molar-refractivity contribution in [1.82, 2.24) is 9.63 Å². The highest BCUT2D eigenvalue weighted by atomic mass is 19.4. The van der Waals surface area contributed by atoms with Crippen LogP contribution in [0.4, 0.5) is 13.2 Å². The topological polar surface area (TPSA) is 71.8 Å². The summed E-state index contributed by atoms with van der Waals surface area (Å²) < 4.78 is 47.5. The number of carbonyl (C=O) groups is 1. The average molecular weight is 408 g/mol. The Bertz CT molecular complexity index is 1080. The predicted octanol–water partition coefficient (Wildman–Crippen LogP) is 3.80. The van der Waals surface area contributed by atoms with E-state index in [-0.39, 0.29) is 28.3 Å². The predicted molar refractivity (Wildman–Crippen MR) is 98.2 cm³/mol. The monoisotopic (exact) mass is 408 g/mol. The van der Waals surface area contributed by atoms with Gasteiger partial charge >= 0.3 is 6.18 Å². The van der Waals surface area contributed by atoms with Crippen molar-refractivity contribution in [3.05, 3.63) is 69.3 Å². The SMILES string of the molecule is CC(=O)N(O)C1=C(n2ccccc2=O)c2c(ccc(C(F)(F)F)c2C)OC1(C)C. The lowest BCUT2D eigenvalue weighted by molar-refractivity contribution is -0.159. The number of aromatic nitrogens is 1. The van der Waals surface area contributed by atoms with Gasteiger partial charge in [-0.05, 0) is 44.5 Å². The minimum atomic E-state index is -4.64. The molecule has 1 N–H and O–H groups in total. The molecule has 29 heavy (non-hydrogen) atoms. The van der Waals surface area contributed by atoms with Crippen LogP contribution in [0.25, 0.3) is 5.70 Å². The van der Waals surface area contributed by atoms with Crippen LogP contribution in [0, 0.1) is 6.92 Å². The maximum Gasteiger partial charge on any atom is 0.416 e. The number of halogens is 3. The van der Waals surface area contributed by atoms with E-state index < -0.39 is 28.8 Å². The minimum Gasteiger partial charge on any atom is -0.481 e. The maximum atomic E-state index is 13.5. The van der Waals surface area contributed by atoms with Gasteiger partial charge in [-0.3, -0.25) is 19.4 Å². The molecule has 2 aromatic rings. The Hall–Kier alpha value is -3.07. The number of hydrogen-bond donors (Lipinski definition) is 1. The molecule has 0 aliphatic carbocycles. The van der Waals surface area contributed by atoms with Crippen LogP contribution in [0.2, 0.25) is 0 Å². The first-order valence-electron chi connectivity index (χ1n) is 8.69. The van der Waals surface area contributed by atoms with E-state index in [0.29, 0.717) is 5.06 Å². The Morgan fingerprint density at radius 3 is 2.41 bits per heavy atom. The van der Waals surface area contributed by atoms with Crippen molar-refractivity contribution in [3.63, 3.8) is 0 Å². The van der Waals surface area contributed by atoms with Crippen molar-refractivity contribution in [2.75, 3.05) is 0 Å². The molecule has 0 unspecified atom stereocenters. The van der Waals surface area contributed by atoms with Gasteiger partial charge in [-0.2, -0.15) is 18.2 Å². The summed E-state index contributed by atoms with van der Waals surface area (Å²) >= 11 is 0. The van der Waals surface area contributed by atoms with Crippen molar-refractivity contribution in [3.8, 4) is 5.75 Å². The number of hydrogen-bond acceptors (Lipinski definition) is 4. The van der Waals surface area contributed by atoms with Crippen LogP contribution in [0.5, 0.6) is 5.75 Å². The van der Waals surface area contributed by atoms with Crippen molar-refractivity contribution < 1.29 is 27.9 Å². The fourth-order valence-corrected chi connectivity index (χ4v) is 3.46. The molecule has 3 rings (SSSR count). The second-order valence-electron chi connectivity index (χ2n) is 7.16. The van der Waals surface area contributed by atoms with Crippen LogP contribution in [0.3, 0.4) is 0 Å². The van der Waals surface area contributed by atoms with Crippen LogP contribution in [-0.2, 0) is 11.0 Å². The molecule has 0 bridgehead atoms. The summed E-state index contributed by atoms with van der Waals surface area (Å²) in [5, 5.41) is 10.8.